The third-order valence-electron chi connectivity index (χ3n) is 2.54. The second kappa shape index (κ2) is 6.96. The second-order valence-corrected chi connectivity index (χ2v) is 8.15. The van der Waals surface area contributed by atoms with Gasteiger partial charge in [0.25, 0.3) is 0 Å². The minimum atomic E-state index is -4.92. The molecule has 0 bridgehead atoms. The largest absolute Gasteiger partial charge is 0.462 e. The Hall–Kier alpha value is -2.14. The van der Waals surface area contributed by atoms with E-state index in [-0.39, 0.29) is 6.42 Å². The zero-order valence-electron chi connectivity index (χ0n) is 12.3. The van der Waals surface area contributed by atoms with Crippen molar-refractivity contribution < 1.29 is 36.4 Å². The summed E-state index contributed by atoms with van der Waals surface area (Å²) in [4.78, 5) is 25.5. The van der Waals surface area contributed by atoms with Gasteiger partial charge in [-0.1, -0.05) is 19.1 Å². The molecule has 0 aliphatic rings. The third-order valence-corrected chi connectivity index (χ3v) is 5.40. The van der Waals surface area contributed by atoms with E-state index in [1.165, 1.54) is 12.1 Å². The lowest BCUT2D eigenvalue weighted by Crippen LogP contribution is -2.38. The van der Waals surface area contributed by atoms with Gasteiger partial charge in [-0.15, -0.1) is 0 Å². The summed E-state index contributed by atoms with van der Waals surface area (Å²) < 4.78 is 47.6. The molecule has 0 radical (unpaired) electrons. The van der Waals surface area contributed by atoms with Crippen LogP contribution >= 0.6 is 0 Å². The Kier molecular flexibility index (Phi) is 5.72. The van der Waals surface area contributed by atoms with E-state index in [0.29, 0.717) is 6.42 Å². The molecule has 1 amide bonds. The maximum atomic E-state index is 12.4. The SMILES string of the molecule is CCCC(=O)ON(C(=O)O)S(=O)(=O)c1ccccc1S(C)(=O)=O. The van der Waals surface area contributed by atoms with E-state index in [4.69, 9.17) is 5.11 Å². The molecule has 11 heteroatoms. The lowest BCUT2D eigenvalue weighted by atomic mass is 10.3. The number of benzene rings is 1. The van der Waals surface area contributed by atoms with Gasteiger partial charge in [-0.2, -0.15) is 8.42 Å². The summed E-state index contributed by atoms with van der Waals surface area (Å²) in [5.74, 6) is -1.07. The Morgan fingerprint density at radius 1 is 1.13 bits per heavy atom. The minimum Gasteiger partial charge on any atom is -0.462 e. The molecule has 1 aromatic rings. The molecule has 0 spiro atoms. The van der Waals surface area contributed by atoms with Crippen LogP contribution < -0.4 is 0 Å². The number of hydroxylamine groups is 1. The number of rotatable bonds is 5. The first-order valence-corrected chi connectivity index (χ1v) is 9.63. The van der Waals surface area contributed by atoms with Gasteiger partial charge in [-0.25, -0.2) is 18.0 Å². The summed E-state index contributed by atoms with van der Waals surface area (Å²) in [5, 5.41) is 9.00. The van der Waals surface area contributed by atoms with Crippen LogP contribution in [-0.2, 0) is 29.5 Å². The number of hydrogen-bond acceptors (Lipinski definition) is 7. The number of hydrogen-bond donors (Lipinski definition) is 1. The second-order valence-electron chi connectivity index (χ2n) is 4.45. The van der Waals surface area contributed by atoms with Gasteiger partial charge in [0.15, 0.2) is 9.84 Å². The minimum absolute atomic E-state index is 0.201. The van der Waals surface area contributed by atoms with E-state index >= 15 is 0 Å². The smallest absolute Gasteiger partial charge is 0.456 e. The Balaban J connectivity index is 3.44. The molecule has 0 heterocycles. The number of nitrogens with zero attached hydrogens (tertiary/aromatic N) is 1. The fourth-order valence-electron chi connectivity index (χ4n) is 1.59. The third kappa shape index (κ3) is 4.42. The summed E-state index contributed by atoms with van der Waals surface area (Å²) >= 11 is 0. The summed E-state index contributed by atoms with van der Waals surface area (Å²) in [6.07, 6.45) is -1.19. The van der Waals surface area contributed by atoms with Crippen LogP contribution in [0.1, 0.15) is 19.8 Å². The summed E-state index contributed by atoms with van der Waals surface area (Å²) in [7, 11) is -8.87. The van der Waals surface area contributed by atoms with Crippen LogP contribution in [0.3, 0.4) is 0 Å². The van der Waals surface area contributed by atoms with Crippen molar-refractivity contribution in [3.05, 3.63) is 24.3 Å². The van der Waals surface area contributed by atoms with Crippen molar-refractivity contribution in [1.29, 1.82) is 0 Å². The highest BCUT2D eigenvalue weighted by molar-refractivity contribution is 7.93. The fourth-order valence-corrected chi connectivity index (χ4v) is 4.26. The first-order chi connectivity index (χ1) is 10.5. The van der Waals surface area contributed by atoms with Gasteiger partial charge in [0.2, 0.25) is 0 Å². The number of carbonyl (C=O) groups is 2. The molecule has 23 heavy (non-hydrogen) atoms. The van der Waals surface area contributed by atoms with Crippen LogP contribution in [0.15, 0.2) is 34.1 Å². The van der Waals surface area contributed by atoms with Gasteiger partial charge < -0.3 is 9.94 Å². The first kappa shape index (κ1) is 18.9. The highest BCUT2D eigenvalue weighted by Gasteiger charge is 2.36. The molecule has 0 atom stereocenters. The van der Waals surface area contributed by atoms with Gasteiger partial charge in [0.05, 0.1) is 4.90 Å². The van der Waals surface area contributed by atoms with Crippen LogP contribution in [0, 0.1) is 0 Å². The van der Waals surface area contributed by atoms with Gasteiger partial charge in [0.1, 0.15) is 4.90 Å². The molecule has 1 rings (SSSR count). The fraction of sp³-hybridized carbons (Fsp3) is 0.333. The average molecular weight is 365 g/mol. The highest BCUT2D eigenvalue weighted by atomic mass is 32.2. The number of sulfone groups is 1. The number of amides is 1. The predicted octanol–water partition coefficient (Wildman–Crippen LogP) is 1.02. The molecule has 0 unspecified atom stereocenters. The summed E-state index contributed by atoms with van der Waals surface area (Å²) in [6, 6.07) is 4.42. The van der Waals surface area contributed by atoms with Crippen LogP contribution in [0.5, 0.6) is 0 Å². The molecule has 0 aliphatic carbocycles. The van der Waals surface area contributed by atoms with Crippen LogP contribution in [-0.4, -0.2) is 44.7 Å². The van der Waals surface area contributed by atoms with E-state index in [9.17, 15) is 26.4 Å². The lowest BCUT2D eigenvalue weighted by molar-refractivity contribution is -0.164. The van der Waals surface area contributed by atoms with Crippen molar-refractivity contribution in [2.45, 2.75) is 29.6 Å². The maximum absolute atomic E-state index is 12.4. The number of sulfonamides is 1. The molecule has 0 saturated heterocycles. The Bertz CT molecular complexity index is 813. The summed E-state index contributed by atoms with van der Waals surface area (Å²) in [5.41, 5.74) is 0. The van der Waals surface area contributed by atoms with Crippen molar-refractivity contribution in [3.8, 4) is 0 Å². The van der Waals surface area contributed by atoms with Crippen molar-refractivity contribution in [3.63, 3.8) is 0 Å². The molecule has 0 aliphatic heterocycles. The molecule has 128 valence electrons. The summed E-state index contributed by atoms with van der Waals surface area (Å²) in [6.45, 7) is 1.61. The van der Waals surface area contributed by atoms with E-state index in [2.05, 4.69) is 4.84 Å². The normalized spacial score (nSPS) is 11.7. The van der Waals surface area contributed by atoms with Gasteiger partial charge in [-0.05, 0) is 23.0 Å². The molecular weight excluding hydrogens is 350 g/mol. The molecule has 1 N–H and O–H groups in total. The lowest BCUT2D eigenvalue weighted by Gasteiger charge is -2.18. The molecule has 0 saturated carbocycles. The molecule has 0 fully saturated rings. The van der Waals surface area contributed by atoms with Crippen molar-refractivity contribution >= 4 is 31.9 Å². The Morgan fingerprint density at radius 3 is 2.09 bits per heavy atom. The van der Waals surface area contributed by atoms with Crippen LogP contribution in [0.25, 0.3) is 0 Å². The van der Waals surface area contributed by atoms with Crippen molar-refractivity contribution in [2.75, 3.05) is 6.26 Å². The van der Waals surface area contributed by atoms with Crippen molar-refractivity contribution in [1.82, 2.24) is 4.47 Å². The zero-order valence-corrected chi connectivity index (χ0v) is 13.9. The van der Waals surface area contributed by atoms with Gasteiger partial charge in [0, 0.05) is 12.7 Å². The Morgan fingerprint density at radius 2 is 1.65 bits per heavy atom. The first-order valence-electron chi connectivity index (χ1n) is 6.30. The quantitative estimate of drug-likeness (QED) is 0.764. The van der Waals surface area contributed by atoms with E-state index in [1.807, 2.05) is 0 Å². The average Bonchev–Trinajstić information content (AvgIpc) is 2.43. The van der Waals surface area contributed by atoms with Crippen LogP contribution in [0.2, 0.25) is 0 Å². The standard InChI is InChI=1S/C12H15NO8S2/c1-3-6-11(14)21-13(12(15)16)23(19,20)10-8-5-4-7-9(10)22(2,17)18/h4-5,7-8H,3,6H2,1-2H3,(H,15,16). The zero-order chi connectivity index (χ0) is 17.8. The molecule has 0 aromatic heterocycles. The van der Waals surface area contributed by atoms with E-state index in [0.717, 1.165) is 18.4 Å². The van der Waals surface area contributed by atoms with Gasteiger partial charge >= 0.3 is 22.1 Å². The highest BCUT2D eigenvalue weighted by Crippen LogP contribution is 2.24. The van der Waals surface area contributed by atoms with Crippen molar-refractivity contribution in [2.24, 2.45) is 0 Å². The Labute approximate surface area is 133 Å². The molecule has 1 aromatic carbocycles. The predicted molar refractivity (Wildman–Crippen MR) is 77.6 cm³/mol. The topological polar surface area (TPSA) is 135 Å². The van der Waals surface area contributed by atoms with Crippen LogP contribution in [0.4, 0.5) is 4.79 Å². The molecular formula is C12H15NO8S2. The van der Waals surface area contributed by atoms with E-state index < -0.39 is 46.2 Å². The number of carboxylic acid groups (broad SMARTS) is 1. The van der Waals surface area contributed by atoms with E-state index in [1.54, 1.807) is 6.92 Å². The monoisotopic (exact) mass is 365 g/mol. The van der Waals surface area contributed by atoms with Gasteiger partial charge in [-0.3, -0.25) is 0 Å². The number of carbonyl (C=O) groups excluding carboxylic acids is 1. The molecule has 9 nitrogen and oxygen atoms in total. The maximum Gasteiger partial charge on any atom is 0.456 e.